The van der Waals surface area contributed by atoms with Gasteiger partial charge < -0.3 is 10.2 Å². The van der Waals surface area contributed by atoms with Crippen LogP contribution in [0.5, 0.6) is 0 Å². The van der Waals surface area contributed by atoms with Gasteiger partial charge in [0, 0.05) is 0 Å². The van der Waals surface area contributed by atoms with E-state index in [4.69, 9.17) is 10.2 Å². The van der Waals surface area contributed by atoms with E-state index in [1.54, 1.807) is 13.8 Å². The summed E-state index contributed by atoms with van der Waals surface area (Å²) in [6, 6.07) is 0. The van der Waals surface area contributed by atoms with E-state index in [9.17, 15) is 0 Å². The minimum atomic E-state index is 0. The van der Waals surface area contributed by atoms with Crippen LogP contribution in [-0.4, -0.2) is 29.5 Å². The molecule has 0 aromatic heterocycles. The Bertz CT molecular complexity index is 15.8. The van der Waals surface area contributed by atoms with Crippen molar-refractivity contribution in [2.24, 2.45) is 0 Å². The second-order valence-electron chi connectivity index (χ2n) is 0.986. The molecule has 0 saturated carbocycles. The van der Waals surface area contributed by atoms with Crippen molar-refractivity contribution >= 4 is 16.3 Å². The molecular weight excluding hydrogens is 131 g/mol. The van der Waals surface area contributed by atoms with Crippen molar-refractivity contribution in [3.8, 4) is 0 Å². The van der Waals surface area contributed by atoms with Gasteiger partial charge in [-0.15, -0.1) is 13.2 Å². The quantitative estimate of drug-likeness (QED) is 0.425. The number of hydrogen-bond donors (Lipinski definition) is 0. The zero-order valence-electron chi connectivity index (χ0n) is 6.52. The van der Waals surface area contributed by atoms with E-state index < -0.39 is 0 Å². The first-order valence-electron chi connectivity index (χ1n) is 3.11. The van der Waals surface area contributed by atoms with E-state index in [1.807, 2.05) is 0 Å². The van der Waals surface area contributed by atoms with Crippen molar-refractivity contribution < 1.29 is 10.2 Å². The molecule has 0 spiro atoms. The van der Waals surface area contributed by atoms with Crippen molar-refractivity contribution in [1.82, 2.24) is 0 Å². The van der Waals surface area contributed by atoms with Crippen molar-refractivity contribution in [3.05, 3.63) is 0 Å². The van der Waals surface area contributed by atoms with E-state index in [-0.39, 0.29) is 13.2 Å². The Morgan fingerprint density at radius 3 is 1.00 bits per heavy atom. The Morgan fingerprint density at radius 1 is 1.00 bits per heavy atom. The molecule has 0 unspecified atom stereocenters. The second-order valence-corrected chi connectivity index (χ2v) is 1.80. The summed E-state index contributed by atoms with van der Waals surface area (Å²) in [7, 11) is 0. The molecule has 0 atom stereocenters. The predicted octanol–water partition coefficient (Wildman–Crippen LogP) is -0.674. The van der Waals surface area contributed by atoms with Gasteiger partial charge in [-0.2, -0.15) is 0 Å². The molecule has 0 bridgehead atoms. The van der Waals surface area contributed by atoms with Crippen LogP contribution < -0.4 is 10.2 Å². The molecule has 0 rings (SSSR count). The molecule has 0 fully saturated rings. The standard InChI is InChI=1S/2C2H5O.C2H5.Al/c2*1-2-3;1-2;/h2*2H2,1H3;1H2,2H3;/q2*-1;;+2. The first-order chi connectivity index (χ1) is 4.24. The molecule has 3 heteroatoms. The van der Waals surface area contributed by atoms with Crippen molar-refractivity contribution in [3.63, 3.8) is 0 Å². The average Bonchev–Trinajstić information content (AvgIpc) is 1.70. The number of rotatable bonds is 0. The molecule has 0 amide bonds. The Hall–Kier alpha value is 0.452. The van der Waals surface area contributed by atoms with E-state index in [2.05, 4.69) is 23.2 Å². The molecule has 0 aliphatic carbocycles. The summed E-state index contributed by atoms with van der Waals surface area (Å²) in [6.07, 6.45) is 0. The van der Waals surface area contributed by atoms with Crippen LogP contribution >= 0.6 is 0 Å². The third-order valence-corrected chi connectivity index (χ3v) is 0. The van der Waals surface area contributed by atoms with Crippen LogP contribution in [0.2, 0.25) is 5.28 Å². The predicted molar refractivity (Wildman–Crippen MR) is 37.3 cm³/mol. The Kier molecular flexibility index (Phi) is 71.0. The molecule has 0 heterocycles. The van der Waals surface area contributed by atoms with Gasteiger partial charge in [-0.25, -0.2) is 0 Å². The summed E-state index contributed by atoms with van der Waals surface area (Å²) in [5, 5.41) is 19.0. The van der Waals surface area contributed by atoms with Gasteiger partial charge in [-0.05, 0) is 0 Å². The molecule has 0 saturated heterocycles. The van der Waals surface area contributed by atoms with Crippen LogP contribution in [0.4, 0.5) is 0 Å². The molecule has 0 N–H and O–H groups in total. The molecule has 0 aliphatic heterocycles. The molecule has 0 radical (unpaired) electrons. The maximum atomic E-state index is 8.93. The fourth-order valence-corrected chi connectivity index (χ4v) is 0. The summed E-state index contributed by atoms with van der Waals surface area (Å²) >= 11 is 2.58. The van der Waals surface area contributed by atoms with E-state index in [0.717, 1.165) is 0 Å². The van der Waals surface area contributed by atoms with E-state index in [0.29, 0.717) is 0 Å². The maximum absolute atomic E-state index is 8.93. The van der Waals surface area contributed by atoms with Crippen LogP contribution in [0.15, 0.2) is 0 Å². The van der Waals surface area contributed by atoms with Crippen LogP contribution in [0.25, 0.3) is 0 Å². The van der Waals surface area contributed by atoms with Crippen LogP contribution in [0, 0.1) is 0 Å². The SMILES string of the molecule is CC[O-].CC[O-].C[CH2][Al+2]. The molecule has 0 aliphatic rings. The molecular formula is C6H15AlO2. The van der Waals surface area contributed by atoms with Gasteiger partial charge in [0.2, 0.25) is 0 Å². The monoisotopic (exact) mass is 146 g/mol. The summed E-state index contributed by atoms with van der Waals surface area (Å²) in [5.74, 6) is 0. The molecule has 0 aromatic rings. The van der Waals surface area contributed by atoms with Gasteiger partial charge in [0.25, 0.3) is 0 Å². The zero-order valence-corrected chi connectivity index (χ0v) is 7.67. The first-order valence-corrected chi connectivity index (χ1v) is 3.92. The normalized spacial score (nSPS) is 6.11. The Labute approximate surface area is 66.3 Å². The van der Waals surface area contributed by atoms with Gasteiger partial charge in [0.15, 0.2) is 0 Å². The molecule has 54 valence electrons. The van der Waals surface area contributed by atoms with E-state index in [1.165, 1.54) is 5.28 Å². The van der Waals surface area contributed by atoms with Crippen LogP contribution in [0.1, 0.15) is 20.8 Å². The number of hydrogen-bond acceptors (Lipinski definition) is 2. The Balaban J connectivity index is -0.0000000600. The summed E-state index contributed by atoms with van der Waals surface area (Å²) < 4.78 is 0. The molecule has 0 aromatic carbocycles. The van der Waals surface area contributed by atoms with E-state index >= 15 is 0 Å². The topological polar surface area (TPSA) is 46.1 Å². The summed E-state index contributed by atoms with van der Waals surface area (Å²) in [4.78, 5) is 0. The van der Waals surface area contributed by atoms with Gasteiger partial charge in [-0.1, -0.05) is 13.8 Å². The fourth-order valence-electron chi connectivity index (χ4n) is 0. The Morgan fingerprint density at radius 2 is 1.00 bits per heavy atom. The van der Waals surface area contributed by atoms with Gasteiger partial charge >= 0.3 is 28.5 Å². The van der Waals surface area contributed by atoms with Crippen LogP contribution in [-0.2, 0) is 0 Å². The molecule has 2 nitrogen and oxygen atoms in total. The average molecular weight is 146 g/mol. The first kappa shape index (κ1) is 16.2. The second kappa shape index (κ2) is 39.4. The zero-order chi connectivity index (χ0) is 8.12. The van der Waals surface area contributed by atoms with Gasteiger partial charge in [0.05, 0.1) is 0 Å². The van der Waals surface area contributed by atoms with Crippen molar-refractivity contribution in [1.29, 1.82) is 0 Å². The van der Waals surface area contributed by atoms with Crippen LogP contribution in [0.3, 0.4) is 0 Å². The third-order valence-electron chi connectivity index (χ3n) is 0. The van der Waals surface area contributed by atoms with Gasteiger partial charge in [-0.3, -0.25) is 0 Å². The van der Waals surface area contributed by atoms with Gasteiger partial charge in [0.1, 0.15) is 0 Å². The minimum absolute atomic E-state index is 0. The summed E-state index contributed by atoms with van der Waals surface area (Å²) in [6.45, 7) is 5.23. The third kappa shape index (κ3) is 1720. The van der Waals surface area contributed by atoms with Crippen molar-refractivity contribution in [2.75, 3.05) is 13.2 Å². The molecule has 9 heavy (non-hydrogen) atoms. The van der Waals surface area contributed by atoms with Crippen molar-refractivity contribution in [2.45, 2.75) is 26.1 Å². The fraction of sp³-hybridized carbons (Fsp3) is 1.00. The summed E-state index contributed by atoms with van der Waals surface area (Å²) in [5.41, 5.74) is 0.